The van der Waals surface area contributed by atoms with E-state index in [1.54, 1.807) is 0 Å². The Bertz CT molecular complexity index is 2280. The van der Waals surface area contributed by atoms with Crippen molar-refractivity contribution in [2.45, 2.75) is 0 Å². The van der Waals surface area contributed by atoms with Crippen molar-refractivity contribution in [3.8, 4) is 78.7 Å². The van der Waals surface area contributed by atoms with Crippen LogP contribution in [0.25, 0.3) is 78.7 Å². The van der Waals surface area contributed by atoms with Crippen molar-refractivity contribution >= 4 is 0 Å². The molecule has 48 heavy (non-hydrogen) atoms. The van der Waals surface area contributed by atoms with Crippen molar-refractivity contribution in [1.82, 2.24) is 15.0 Å². The Kier molecular flexibility index (Phi) is 7.92. The lowest BCUT2D eigenvalue weighted by molar-refractivity contribution is 1.07. The fraction of sp³-hybridized carbons (Fsp3) is 0. The summed E-state index contributed by atoms with van der Waals surface area (Å²) in [6.45, 7) is 0. The van der Waals surface area contributed by atoms with Crippen LogP contribution < -0.4 is 0 Å². The predicted molar refractivity (Wildman–Crippen MR) is 198 cm³/mol. The van der Waals surface area contributed by atoms with Gasteiger partial charge < -0.3 is 0 Å². The topological polar surface area (TPSA) is 38.7 Å². The number of nitrogens with zero attached hydrogens (tertiary/aromatic N) is 3. The standard InChI is InChI=1S/C45H31N3/c1-4-11-32(12-5-1)34-19-21-36(22-20-34)37-27-29-40(30-28-37)44-46-43(39-15-8-3-9-16-39)47-45(48-44)42-18-10-17-41(31-42)38-25-23-35(24-26-38)33-13-6-2-7-14-33/h1-31H. The quantitative estimate of drug-likeness (QED) is 0.179. The minimum Gasteiger partial charge on any atom is -0.208 e. The molecule has 8 aromatic rings. The molecule has 0 spiro atoms. The van der Waals surface area contributed by atoms with Gasteiger partial charge in [-0.3, -0.25) is 0 Å². The largest absolute Gasteiger partial charge is 0.208 e. The van der Waals surface area contributed by atoms with Gasteiger partial charge in [0.05, 0.1) is 0 Å². The second-order valence-corrected chi connectivity index (χ2v) is 11.7. The molecule has 7 aromatic carbocycles. The molecule has 0 unspecified atom stereocenters. The van der Waals surface area contributed by atoms with Gasteiger partial charge in [-0.1, -0.05) is 182 Å². The molecule has 0 amide bonds. The summed E-state index contributed by atoms with van der Waals surface area (Å²) in [7, 11) is 0. The minimum atomic E-state index is 0.641. The van der Waals surface area contributed by atoms with Crippen molar-refractivity contribution < 1.29 is 0 Å². The average Bonchev–Trinajstić information content (AvgIpc) is 3.19. The zero-order valence-corrected chi connectivity index (χ0v) is 26.2. The van der Waals surface area contributed by atoms with Crippen molar-refractivity contribution in [2.24, 2.45) is 0 Å². The van der Waals surface area contributed by atoms with Gasteiger partial charge in [-0.25, -0.2) is 15.0 Å². The molecule has 0 bridgehead atoms. The van der Waals surface area contributed by atoms with Crippen molar-refractivity contribution in [3.05, 3.63) is 188 Å². The van der Waals surface area contributed by atoms with Crippen LogP contribution in [0, 0.1) is 0 Å². The van der Waals surface area contributed by atoms with E-state index in [-0.39, 0.29) is 0 Å². The SMILES string of the molecule is c1ccc(-c2ccc(-c3ccc(-c4nc(-c5ccccc5)nc(-c5cccc(-c6ccc(-c7ccccc7)cc6)c5)n4)cc3)cc2)cc1. The Morgan fingerprint density at radius 3 is 0.854 bits per heavy atom. The zero-order chi connectivity index (χ0) is 32.1. The number of hydrogen-bond acceptors (Lipinski definition) is 3. The lowest BCUT2D eigenvalue weighted by atomic mass is 9.99. The van der Waals surface area contributed by atoms with E-state index in [1.807, 2.05) is 42.5 Å². The summed E-state index contributed by atoms with van der Waals surface area (Å²) < 4.78 is 0. The molecule has 0 aliphatic carbocycles. The van der Waals surface area contributed by atoms with E-state index in [0.29, 0.717) is 17.5 Å². The van der Waals surface area contributed by atoms with E-state index >= 15 is 0 Å². The Labute approximate surface area is 280 Å². The van der Waals surface area contributed by atoms with Crippen molar-refractivity contribution in [1.29, 1.82) is 0 Å². The van der Waals surface area contributed by atoms with E-state index in [1.165, 1.54) is 22.3 Å². The van der Waals surface area contributed by atoms with Crippen LogP contribution in [-0.4, -0.2) is 15.0 Å². The number of rotatable bonds is 7. The van der Waals surface area contributed by atoms with Crippen LogP contribution in [0.3, 0.4) is 0 Å². The second-order valence-electron chi connectivity index (χ2n) is 11.7. The van der Waals surface area contributed by atoms with Crippen molar-refractivity contribution in [2.75, 3.05) is 0 Å². The molecule has 0 saturated carbocycles. The third-order valence-corrected chi connectivity index (χ3v) is 8.58. The van der Waals surface area contributed by atoms with Crippen LogP contribution in [0.5, 0.6) is 0 Å². The number of aromatic nitrogens is 3. The van der Waals surface area contributed by atoms with Crippen molar-refractivity contribution in [3.63, 3.8) is 0 Å². The van der Waals surface area contributed by atoms with Crippen LogP contribution in [0.2, 0.25) is 0 Å². The van der Waals surface area contributed by atoms with Gasteiger partial charge in [-0.05, 0) is 50.6 Å². The Balaban J connectivity index is 1.12. The predicted octanol–water partition coefficient (Wildman–Crippen LogP) is 11.5. The van der Waals surface area contributed by atoms with E-state index in [2.05, 4.69) is 146 Å². The van der Waals surface area contributed by atoms with Crippen LogP contribution in [0.4, 0.5) is 0 Å². The Hall–Kier alpha value is -6.45. The smallest absolute Gasteiger partial charge is 0.164 e. The van der Waals surface area contributed by atoms with Gasteiger partial charge in [0, 0.05) is 16.7 Å². The number of hydrogen-bond donors (Lipinski definition) is 0. The van der Waals surface area contributed by atoms with E-state index in [9.17, 15) is 0 Å². The van der Waals surface area contributed by atoms with Crippen LogP contribution in [-0.2, 0) is 0 Å². The van der Waals surface area contributed by atoms with Gasteiger partial charge in [-0.2, -0.15) is 0 Å². The second kappa shape index (κ2) is 13.1. The maximum Gasteiger partial charge on any atom is 0.164 e. The normalized spacial score (nSPS) is 10.9. The summed E-state index contributed by atoms with van der Waals surface area (Å²) in [5, 5.41) is 0. The van der Waals surface area contributed by atoms with Gasteiger partial charge in [0.25, 0.3) is 0 Å². The fourth-order valence-electron chi connectivity index (χ4n) is 5.97. The third-order valence-electron chi connectivity index (χ3n) is 8.58. The zero-order valence-electron chi connectivity index (χ0n) is 26.2. The molecular formula is C45H31N3. The molecule has 0 aliphatic rings. The highest BCUT2D eigenvalue weighted by Gasteiger charge is 2.13. The summed E-state index contributed by atoms with van der Waals surface area (Å²) in [6.07, 6.45) is 0. The lowest BCUT2D eigenvalue weighted by Gasteiger charge is -2.11. The first-order valence-corrected chi connectivity index (χ1v) is 16.1. The minimum absolute atomic E-state index is 0.641. The molecule has 1 aromatic heterocycles. The lowest BCUT2D eigenvalue weighted by Crippen LogP contribution is -2.00. The highest BCUT2D eigenvalue weighted by atomic mass is 15.0. The van der Waals surface area contributed by atoms with Gasteiger partial charge in [0.2, 0.25) is 0 Å². The maximum absolute atomic E-state index is 5.01. The molecule has 226 valence electrons. The molecule has 1 heterocycles. The summed E-state index contributed by atoms with van der Waals surface area (Å²) in [4.78, 5) is 14.9. The van der Waals surface area contributed by atoms with Crippen LogP contribution in [0.15, 0.2) is 188 Å². The molecule has 0 saturated heterocycles. The molecule has 0 aliphatic heterocycles. The van der Waals surface area contributed by atoms with Crippen LogP contribution in [0.1, 0.15) is 0 Å². The Morgan fingerprint density at radius 1 is 0.188 bits per heavy atom. The van der Waals surface area contributed by atoms with E-state index in [4.69, 9.17) is 15.0 Å². The van der Waals surface area contributed by atoms with Gasteiger partial charge in [-0.15, -0.1) is 0 Å². The Morgan fingerprint density at radius 2 is 0.438 bits per heavy atom. The summed E-state index contributed by atoms with van der Waals surface area (Å²) in [5.41, 5.74) is 12.2. The van der Waals surface area contributed by atoms with Gasteiger partial charge in [0.15, 0.2) is 17.5 Å². The third kappa shape index (κ3) is 6.18. The fourth-order valence-corrected chi connectivity index (χ4v) is 5.97. The van der Waals surface area contributed by atoms with Crippen LogP contribution >= 0.6 is 0 Å². The monoisotopic (exact) mass is 613 g/mol. The molecule has 0 fully saturated rings. The molecular weight excluding hydrogens is 583 g/mol. The first-order valence-electron chi connectivity index (χ1n) is 16.1. The van der Waals surface area contributed by atoms with Gasteiger partial charge in [0.1, 0.15) is 0 Å². The van der Waals surface area contributed by atoms with E-state index < -0.39 is 0 Å². The highest BCUT2D eigenvalue weighted by molar-refractivity contribution is 5.76. The molecule has 0 radical (unpaired) electrons. The molecule has 3 heteroatoms. The highest BCUT2D eigenvalue weighted by Crippen LogP contribution is 2.31. The summed E-state index contributed by atoms with van der Waals surface area (Å²) in [6, 6.07) is 65.3. The summed E-state index contributed by atoms with van der Waals surface area (Å²) in [5.74, 6) is 1.93. The summed E-state index contributed by atoms with van der Waals surface area (Å²) >= 11 is 0. The molecule has 0 atom stereocenters. The average molecular weight is 614 g/mol. The van der Waals surface area contributed by atoms with E-state index in [0.717, 1.165) is 38.9 Å². The van der Waals surface area contributed by atoms with Gasteiger partial charge >= 0.3 is 0 Å². The first kappa shape index (κ1) is 29.0. The molecule has 0 N–H and O–H groups in total. The maximum atomic E-state index is 5.01. The number of benzene rings is 7. The molecule has 3 nitrogen and oxygen atoms in total. The first-order chi connectivity index (χ1) is 23.8. The molecule has 8 rings (SSSR count).